The SMILES string of the molecule is Cc1cccc(NC2=C(Sc3ccccc3)C(=O)N(c3cc(Cl)cc(Cl)c3)C2=O)c1. The molecule has 0 atom stereocenters. The number of amides is 2. The van der Waals surface area contributed by atoms with Crippen LogP contribution in [0.3, 0.4) is 0 Å². The maximum Gasteiger partial charge on any atom is 0.283 e. The van der Waals surface area contributed by atoms with Gasteiger partial charge in [-0.15, -0.1) is 0 Å². The smallest absolute Gasteiger partial charge is 0.283 e. The van der Waals surface area contributed by atoms with Crippen LogP contribution in [0, 0.1) is 6.92 Å². The molecule has 0 fully saturated rings. The molecule has 30 heavy (non-hydrogen) atoms. The Labute approximate surface area is 188 Å². The van der Waals surface area contributed by atoms with E-state index in [1.165, 1.54) is 11.8 Å². The summed E-state index contributed by atoms with van der Waals surface area (Å²) in [7, 11) is 0. The normalized spacial score (nSPS) is 13.9. The van der Waals surface area contributed by atoms with Crippen LogP contribution in [0.15, 0.2) is 88.3 Å². The van der Waals surface area contributed by atoms with Gasteiger partial charge in [0.2, 0.25) is 0 Å². The van der Waals surface area contributed by atoms with Gasteiger partial charge in [-0.3, -0.25) is 9.59 Å². The van der Waals surface area contributed by atoms with E-state index in [2.05, 4.69) is 5.32 Å². The van der Waals surface area contributed by atoms with Crippen molar-refractivity contribution in [3.8, 4) is 0 Å². The minimum absolute atomic E-state index is 0.218. The van der Waals surface area contributed by atoms with Crippen LogP contribution in [0.25, 0.3) is 0 Å². The Balaban J connectivity index is 1.77. The van der Waals surface area contributed by atoms with E-state index in [-0.39, 0.29) is 5.70 Å². The lowest BCUT2D eigenvalue weighted by Gasteiger charge is -2.16. The van der Waals surface area contributed by atoms with E-state index in [4.69, 9.17) is 23.2 Å². The molecule has 4 rings (SSSR count). The van der Waals surface area contributed by atoms with Crippen molar-refractivity contribution in [3.63, 3.8) is 0 Å². The second kappa shape index (κ2) is 8.56. The predicted molar refractivity (Wildman–Crippen MR) is 123 cm³/mol. The fraction of sp³-hybridized carbons (Fsp3) is 0.0435. The van der Waals surface area contributed by atoms with E-state index >= 15 is 0 Å². The van der Waals surface area contributed by atoms with Crippen LogP contribution in [0.5, 0.6) is 0 Å². The second-order valence-electron chi connectivity index (χ2n) is 6.69. The Morgan fingerprint density at radius 2 is 1.53 bits per heavy atom. The maximum atomic E-state index is 13.3. The van der Waals surface area contributed by atoms with Gasteiger partial charge in [0.15, 0.2) is 0 Å². The average molecular weight is 455 g/mol. The fourth-order valence-corrected chi connectivity index (χ4v) is 4.55. The largest absolute Gasteiger partial charge is 0.350 e. The first kappa shape index (κ1) is 20.5. The van der Waals surface area contributed by atoms with Gasteiger partial charge in [-0.05, 0) is 55.0 Å². The van der Waals surface area contributed by atoms with E-state index in [1.807, 2.05) is 61.5 Å². The second-order valence-corrected chi connectivity index (χ2v) is 8.64. The van der Waals surface area contributed by atoms with Crippen LogP contribution >= 0.6 is 35.0 Å². The van der Waals surface area contributed by atoms with Gasteiger partial charge >= 0.3 is 0 Å². The number of imide groups is 1. The lowest BCUT2D eigenvalue weighted by molar-refractivity contribution is -0.120. The molecule has 150 valence electrons. The van der Waals surface area contributed by atoms with Gasteiger partial charge in [-0.2, -0.15) is 0 Å². The number of nitrogens with one attached hydrogen (secondary N) is 1. The van der Waals surface area contributed by atoms with Crippen LogP contribution in [-0.2, 0) is 9.59 Å². The predicted octanol–water partition coefficient (Wildman–Crippen LogP) is 6.29. The summed E-state index contributed by atoms with van der Waals surface area (Å²) in [4.78, 5) is 28.9. The van der Waals surface area contributed by atoms with Crippen LogP contribution in [-0.4, -0.2) is 11.8 Å². The molecular weight excluding hydrogens is 439 g/mol. The van der Waals surface area contributed by atoms with E-state index in [1.54, 1.807) is 18.2 Å². The minimum Gasteiger partial charge on any atom is -0.350 e. The van der Waals surface area contributed by atoms with Gasteiger partial charge in [0.25, 0.3) is 11.8 Å². The molecule has 0 unspecified atom stereocenters. The minimum atomic E-state index is -0.460. The molecule has 0 bridgehead atoms. The molecule has 1 aliphatic heterocycles. The number of nitrogens with zero attached hydrogens (tertiary/aromatic N) is 1. The number of benzene rings is 3. The monoisotopic (exact) mass is 454 g/mol. The van der Waals surface area contributed by atoms with Crippen molar-refractivity contribution in [2.45, 2.75) is 11.8 Å². The molecule has 0 saturated heterocycles. The number of rotatable bonds is 5. The molecule has 4 nitrogen and oxygen atoms in total. The highest BCUT2D eigenvalue weighted by molar-refractivity contribution is 8.04. The summed E-state index contributed by atoms with van der Waals surface area (Å²) in [6, 6.07) is 21.7. The Bertz CT molecular complexity index is 1160. The average Bonchev–Trinajstić information content (AvgIpc) is 2.92. The highest BCUT2D eigenvalue weighted by atomic mass is 35.5. The summed E-state index contributed by atoms with van der Waals surface area (Å²) < 4.78 is 0. The van der Waals surface area contributed by atoms with Crippen molar-refractivity contribution in [1.82, 2.24) is 0 Å². The van der Waals surface area contributed by atoms with Gasteiger partial charge < -0.3 is 5.32 Å². The third-order valence-electron chi connectivity index (χ3n) is 4.40. The summed E-state index contributed by atoms with van der Waals surface area (Å²) in [5.74, 6) is -0.888. The Hall–Kier alpha value is -2.73. The van der Waals surface area contributed by atoms with E-state index in [9.17, 15) is 9.59 Å². The highest BCUT2D eigenvalue weighted by Crippen LogP contribution is 2.39. The van der Waals surface area contributed by atoms with E-state index < -0.39 is 11.8 Å². The molecule has 0 aromatic heterocycles. The van der Waals surface area contributed by atoms with Gasteiger partial charge in [0.05, 0.1) is 5.69 Å². The van der Waals surface area contributed by atoms with Gasteiger partial charge in [0, 0.05) is 20.6 Å². The first-order valence-electron chi connectivity index (χ1n) is 9.08. The van der Waals surface area contributed by atoms with Gasteiger partial charge in [0.1, 0.15) is 10.6 Å². The molecule has 7 heteroatoms. The molecule has 1 aliphatic rings. The Kier molecular flexibility index (Phi) is 5.86. The molecule has 0 saturated carbocycles. The van der Waals surface area contributed by atoms with Crippen LogP contribution < -0.4 is 10.2 Å². The number of carbonyl (C=O) groups excluding carboxylic acids is 2. The molecule has 3 aromatic carbocycles. The molecule has 0 aliphatic carbocycles. The number of halogens is 2. The molecular formula is C23H16Cl2N2O2S. The fourth-order valence-electron chi connectivity index (χ4n) is 3.09. The van der Waals surface area contributed by atoms with E-state index in [0.717, 1.165) is 21.0 Å². The Morgan fingerprint density at radius 3 is 2.20 bits per heavy atom. The first-order chi connectivity index (χ1) is 14.4. The number of carbonyl (C=O) groups is 2. The third kappa shape index (κ3) is 4.24. The van der Waals surface area contributed by atoms with Crippen molar-refractivity contribution in [2.24, 2.45) is 0 Å². The van der Waals surface area contributed by atoms with Gasteiger partial charge in [-0.25, -0.2) is 4.90 Å². The summed E-state index contributed by atoms with van der Waals surface area (Å²) in [5.41, 5.74) is 2.31. The number of hydrogen-bond acceptors (Lipinski definition) is 4. The quantitative estimate of drug-likeness (QED) is 0.460. The molecule has 0 spiro atoms. The molecule has 2 amide bonds. The highest BCUT2D eigenvalue weighted by Gasteiger charge is 2.40. The maximum absolute atomic E-state index is 13.3. The van der Waals surface area contributed by atoms with Crippen LogP contribution in [0.1, 0.15) is 5.56 Å². The number of anilines is 2. The lowest BCUT2D eigenvalue weighted by atomic mass is 10.2. The van der Waals surface area contributed by atoms with Crippen molar-refractivity contribution >= 4 is 58.2 Å². The lowest BCUT2D eigenvalue weighted by Crippen LogP contribution is -2.32. The zero-order chi connectivity index (χ0) is 21.3. The van der Waals surface area contributed by atoms with Crippen molar-refractivity contribution < 1.29 is 9.59 Å². The summed E-state index contributed by atoms with van der Waals surface area (Å²) in [6.45, 7) is 1.96. The standard InChI is InChI=1S/C23H16Cl2N2O2S/c1-14-6-5-7-17(10-14)26-20-21(30-19-8-3-2-4-9-19)23(29)27(22(20)28)18-12-15(24)11-16(25)13-18/h2-13,26H,1H3. The van der Waals surface area contributed by atoms with E-state index in [0.29, 0.717) is 20.6 Å². The summed E-state index contributed by atoms with van der Waals surface area (Å²) in [5, 5.41) is 3.83. The first-order valence-corrected chi connectivity index (χ1v) is 10.7. The molecule has 3 aromatic rings. The van der Waals surface area contributed by atoms with Crippen LogP contribution in [0.4, 0.5) is 11.4 Å². The van der Waals surface area contributed by atoms with Crippen molar-refractivity contribution in [1.29, 1.82) is 0 Å². The van der Waals surface area contributed by atoms with Crippen molar-refractivity contribution in [2.75, 3.05) is 10.2 Å². The zero-order valence-corrected chi connectivity index (χ0v) is 18.2. The number of hydrogen-bond donors (Lipinski definition) is 1. The van der Waals surface area contributed by atoms with Crippen LogP contribution in [0.2, 0.25) is 10.0 Å². The molecule has 1 N–H and O–H groups in total. The Morgan fingerprint density at radius 1 is 0.833 bits per heavy atom. The topological polar surface area (TPSA) is 49.4 Å². The number of aryl methyl sites for hydroxylation is 1. The number of thioether (sulfide) groups is 1. The summed E-state index contributed by atoms with van der Waals surface area (Å²) in [6.07, 6.45) is 0. The zero-order valence-electron chi connectivity index (χ0n) is 15.9. The molecule has 0 radical (unpaired) electrons. The molecule has 1 heterocycles. The van der Waals surface area contributed by atoms with Crippen molar-refractivity contribution in [3.05, 3.63) is 99.0 Å². The summed E-state index contributed by atoms with van der Waals surface area (Å²) >= 11 is 13.5. The van der Waals surface area contributed by atoms with Gasteiger partial charge in [-0.1, -0.05) is 65.3 Å². The third-order valence-corrected chi connectivity index (χ3v) is 5.92.